The number of amides is 2. The van der Waals surface area contributed by atoms with Crippen LogP contribution in [0.5, 0.6) is 0 Å². The van der Waals surface area contributed by atoms with Crippen molar-refractivity contribution in [3.05, 3.63) is 30.1 Å². The van der Waals surface area contributed by atoms with E-state index in [4.69, 9.17) is 0 Å². The first-order valence-electron chi connectivity index (χ1n) is 5.63. The van der Waals surface area contributed by atoms with Crippen LogP contribution < -0.4 is 10.9 Å². The van der Waals surface area contributed by atoms with Gasteiger partial charge in [0, 0.05) is 10.8 Å². The summed E-state index contributed by atoms with van der Waals surface area (Å²) in [6.07, 6.45) is 1.76. The van der Waals surface area contributed by atoms with E-state index in [2.05, 4.69) is 10.9 Å². The molecule has 2 amide bonds. The maximum absolute atomic E-state index is 13.2. The molecular weight excluding hydrogens is 255 g/mol. The summed E-state index contributed by atoms with van der Waals surface area (Å²) in [7, 11) is 0. The number of thioether (sulfide) groups is 1. The molecule has 0 aromatic heterocycles. The Kier molecular flexibility index (Phi) is 4.19. The minimum Gasteiger partial charge on any atom is -0.273 e. The third kappa shape index (κ3) is 3.73. The quantitative estimate of drug-likeness (QED) is 0.642. The van der Waals surface area contributed by atoms with Gasteiger partial charge in [0.05, 0.1) is 5.75 Å². The van der Waals surface area contributed by atoms with E-state index in [-0.39, 0.29) is 29.3 Å². The van der Waals surface area contributed by atoms with Gasteiger partial charge in [-0.05, 0) is 25.0 Å². The fourth-order valence-electron chi connectivity index (χ4n) is 1.32. The van der Waals surface area contributed by atoms with E-state index in [9.17, 15) is 14.0 Å². The molecule has 4 nitrogen and oxygen atoms in total. The molecule has 96 valence electrons. The normalized spacial score (nSPS) is 14.1. The van der Waals surface area contributed by atoms with Crippen molar-refractivity contribution in [3.8, 4) is 0 Å². The number of hydrazine groups is 1. The molecule has 1 fully saturated rings. The number of nitrogens with one attached hydrogen (secondary N) is 2. The Labute approximate surface area is 108 Å². The van der Waals surface area contributed by atoms with Crippen LogP contribution in [0.25, 0.3) is 0 Å². The molecule has 2 rings (SSSR count). The van der Waals surface area contributed by atoms with Crippen LogP contribution >= 0.6 is 11.8 Å². The average molecular weight is 268 g/mol. The van der Waals surface area contributed by atoms with Gasteiger partial charge in [-0.2, -0.15) is 0 Å². The Morgan fingerprint density at radius 3 is 2.67 bits per heavy atom. The van der Waals surface area contributed by atoms with E-state index in [0.717, 1.165) is 24.6 Å². The minimum absolute atomic E-state index is 0.0459. The highest BCUT2D eigenvalue weighted by molar-refractivity contribution is 8.00. The topological polar surface area (TPSA) is 58.2 Å². The zero-order valence-corrected chi connectivity index (χ0v) is 10.4. The summed E-state index contributed by atoms with van der Waals surface area (Å²) in [4.78, 5) is 23.1. The largest absolute Gasteiger partial charge is 0.273 e. The molecule has 1 saturated carbocycles. The van der Waals surface area contributed by atoms with Gasteiger partial charge in [0.25, 0.3) is 0 Å². The molecule has 1 aliphatic carbocycles. The molecule has 2 N–H and O–H groups in total. The number of benzene rings is 1. The first kappa shape index (κ1) is 12.9. The number of carbonyl (C=O) groups excluding carboxylic acids is 2. The Morgan fingerprint density at radius 2 is 2.00 bits per heavy atom. The Balaban J connectivity index is 1.71. The molecule has 0 heterocycles. The molecular formula is C12H13FN2O2S. The predicted octanol–water partition coefficient (Wildman–Crippen LogP) is 1.48. The Morgan fingerprint density at radius 1 is 1.28 bits per heavy atom. The molecule has 0 spiro atoms. The van der Waals surface area contributed by atoms with Crippen molar-refractivity contribution in [2.75, 3.05) is 5.75 Å². The van der Waals surface area contributed by atoms with E-state index < -0.39 is 0 Å². The standard InChI is InChI=1S/C12H13FN2O2S/c13-9-3-1-2-4-10(9)18-7-11(16)14-15-12(17)8-5-6-8/h1-4,8H,5-7H2,(H,14,16)(H,15,17). The number of rotatable bonds is 4. The maximum atomic E-state index is 13.2. The van der Waals surface area contributed by atoms with E-state index >= 15 is 0 Å². The number of hydrogen-bond acceptors (Lipinski definition) is 3. The van der Waals surface area contributed by atoms with E-state index in [1.54, 1.807) is 18.2 Å². The van der Waals surface area contributed by atoms with E-state index in [0.29, 0.717) is 4.90 Å². The third-order valence-electron chi connectivity index (χ3n) is 2.47. The summed E-state index contributed by atoms with van der Waals surface area (Å²) in [5.41, 5.74) is 4.66. The predicted molar refractivity (Wildman–Crippen MR) is 66.1 cm³/mol. The first-order valence-corrected chi connectivity index (χ1v) is 6.61. The van der Waals surface area contributed by atoms with Crippen LogP contribution in [-0.4, -0.2) is 17.6 Å². The first-order chi connectivity index (χ1) is 8.66. The second-order valence-corrected chi connectivity index (χ2v) is 5.05. The molecule has 6 heteroatoms. The van der Waals surface area contributed by atoms with Crippen LogP contribution in [0.2, 0.25) is 0 Å². The van der Waals surface area contributed by atoms with Crippen LogP contribution in [0.4, 0.5) is 4.39 Å². The lowest BCUT2D eigenvalue weighted by molar-refractivity contribution is -0.128. The molecule has 0 saturated heterocycles. The summed E-state index contributed by atoms with van der Waals surface area (Å²) >= 11 is 1.09. The molecule has 0 aliphatic heterocycles. The SMILES string of the molecule is O=C(CSc1ccccc1F)NNC(=O)C1CC1. The maximum Gasteiger partial charge on any atom is 0.248 e. The van der Waals surface area contributed by atoms with Crippen molar-refractivity contribution < 1.29 is 14.0 Å². The number of halogens is 1. The van der Waals surface area contributed by atoms with Crippen LogP contribution in [0.15, 0.2) is 29.2 Å². The second kappa shape index (κ2) is 5.86. The smallest absolute Gasteiger partial charge is 0.248 e. The third-order valence-corrected chi connectivity index (χ3v) is 3.52. The van der Waals surface area contributed by atoms with E-state index in [1.807, 2.05) is 0 Å². The van der Waals surface area contributed by atoms with Crippen molar-refractivity contribution in [1.82, 2.24) is 10.9 Å². The summed E-state index contributed by atoms with van der Waals surface area (Å²) in [5, 5.41) is 0. The lowest BCUT2D eigenvalue weighted by Crippen LogP contribution is -2.43. The van der Waals surface area contributed by atoms with Crippen molar-refractivity contribution in [2.24, 2.45) is 5.92 Å². The lowest BCUT2D eigenvalue weighted by Gasteiger charge is -2.06. The number of hydrogen-bond donors (Lipinski definition) is 2. The molecule has 0 atom stereocenters. The summed E-state index contributed by atoms with van der Waals surface area (Å²) < 4.78 is 13.2. The van der Waals surface area contributed by atoms with E-state index in [1.165, 1.54) is 6.07 Å². The van der Waals surface area contributed by atoms with Gasteiger partial charge in [-0.25, -0.2) is 4.39 Å². The fourth-order valence-corrected chi connectivity index (χ4v) is 2.06. The zero-order valence-electron chi connectivity index (χ0n) is 9.61. The van der Waals surface area contributed by atoms with Crippen molar-refractivity contribution >= 4 is 23.6 Å². The van der Waals surface area contributed by atoms with Crippen LogP contribution in [-0.2, 0) is 9.59 Å². The fraction of sp³-hybridized carbons (Fsp3) is 0.333. The van der Waals surface area contributed by atoms with Gasteiger partial charge in [0.1, 0.15) is 5.82 Å². The second-order valence-electron chi connectivity index (χ2n) is 4.03. The van der Waals surface area contributed by atoms with Gasteiger partial charge in [0.2, 0.25) is 11.8 Å². The summed E-state index contributed by atoms with van der Waals surface area (Å²) in [6, 6.07) is 6.25. The average Bonchev–Trinajstić information content (AvgIpc) is 3.19. The Hall–Kier alpha value is -1.56. The minimum atomic E-state index is -0.350. The van der Waals surface area contributed by atoms with Crippen LogP contribution in [0, 0.1) is 11.7 Å². The van der Waals surface area contributed by atoms with Gasteiger partial charge in [-0.1, -0.05) is 12.1 Å². The van der Waals surface area contributed by atoms with Crippen molar-refractivity contribution in [3.63, 3.8) is 0 Å². The molecule has 1 aromatic rings. The molecule has 18 heavy (non-hydrogen) atoms. The van der Waals surface area contributed by atoms with Gasteiger partial charge >= 0.3 is 0 Å². The monoisotopic (exact) mass is 268 g/mol. The molecule has 0 radical (unpaired) electrons. The van der Waals surface area contributed by atoms with Crippen molar-refractivity contribution in [1.29, 1.82) is 0 Å². The van der Waals surface area contributed by atoms with Gasteiger partial charge in [-0.3, -0.25) is 20.4 Å². The highest BCUT2D eigenvalue weighted by atomic mass is 32.2. The molecule has 0 unspecified atom stereocenters. The van der Waals surface area contributed by atoms with Gasteiger partial charge in [-0.15, -0.1) is 11.8 Å². The zero-order chi connectivity index (χ0) is 13.0. The molecule has 1 aromatic carbocycles. The lowest BCUT2D eigenvalue weighted by atomic mass is 10.3. The Bertz CT molecular complexity index is 463. The van der Waals surface area contributed by atoms with Crippen LogP contribution in [0.3, 0.4) is 0 Å². The summed E-state index contributed by atoms with van der Waals surface area (Å²) in [6.45, 7) is 0. The highest BCUT2D eigenvalue weighted by Crippen LogP contribution is 2.28. The summed E-state index contributed by atoms with van der Waals surface area (Å²) in [5.74, 6) is -0.746. The molecule has 0 bridgehead atoms. The number of carbonyl (C=O) groups is 2. The highest BCUT2D eigenvalue weighted by Gasteiger charge is 2.29. The van der Waals surface area contributed by atoms with Gasteiger partial charge in [0.15, 0.2) is 0 Å². The van der Waals surface area contributed by atoms with Gasteiger partial charge < -0.3 is 0 Å². The van der Waals surface area contributed by atoms with Crippen molar-refractivity contribution in [2.45, 2.75) is 17.7 Å². The van der Waals surface area contributed by atoms with Crippen LogP contribution in [0.1, 0.15) is 12.8 Å². The molecule has 1 aliphatic rings.